The van der Waals surface area contributed by atoms with Crippen molar-refractivity contribution in [2.24, 2.45) is 5.73 Å². The van der Waals surface area contributed by atoms with Crippen LogP contribution in [0.15, 0.2) is 4.52 Å². The third-order valence-electron chi connectivity index (χ3n) is 1.68. The van der Waals surface area contributed by atoms with E-state index in [2.05, 4.69) is 10.1 Å². The van der Waals surface area contributed by atoms with Gasteiger partial charge in [0.25, 0.3) is 0 Å². The largest absolute Gasteiger partial charge is 0.374 e. The van der Waals surface area contributed by atoms with Gasteiger partial charge < -0.3 is 15.0 Å². The van der Waals surface area contributed by atoms with Crippen LogP contribution in [0.25, 0.3) is 0 Å². The molecule has 1 aromatic heterocycles. The lowest BCUT2D eigenvalue weighted by Gasteiger charge is -1.99. The molecule has 0 aliphatic rings. The van der Waals surface area contributed by atoms with Crippen LogP contribution in [-0.4, -0.2) is 16.7 Å². The van der Waals surface area contributed by atoms with Crippen LogP contribution >= 0.6 is 0 Å². The maximum atomic E-state index is 5.70. The minimum absolute atomic E-state index is 0.164. The van der Waals surface area contributed by atoms with E-state index in [9.17, 15) is 0 Å². The molecule has 0 aliphatic carbocycles. The number of hydrogen-bond donors (Lipinski definition) is 1. The van der Waals surface area contributed by atoms with E-state index in [-0.39, 0.29) is 6.04 Å². The molecule has 5 heteroatoms. The summed E-state index contributed by atoms with van der Waals surface area (Å²) in [6, 6.07) is -0.164. The van der Waals surface area contributed by atoms with E-state index in [1.54, 1.807) is 0 Å². The first-order valence-corrected chi connectivity index (χ1v) is 4.43. The summed E-state index contributed by atoms with van der Waals surface area (Å²) in [6.45, 7) is 4.91. The molecular weight excluding hydrogens is 170 g/mol. The quantitative estimate of drug-likeness (QED) is 0.741. The first-order valence-electron chi connectivity index (χ1n) is 4.43. The highest BCUT2D eigenvalue weighted by atomic mass is 16.5. The number of aromatic nitrogens is 2. The zero-order valence-electron chi connectivity index (χ0n) is 7.99. The lowest BCUT2D eigenvalue weighted by atomic mass is 10.2. The minimum atomic E-state index is -0.164. The minimum Gasteiger partial charge on any atom is -0.374 e. The van der Waals surface area contributed by atoms with Crippen molar-refractivity contribution in [2.75, 3.05) is 6.61 Å². The maximum Gasteiger partial charge on any atom is 0.243 e. The molecule has 1 aromatic rings. The molecule has 0 unspecified atom stereocenters. The van der Waals surface area contributed by atoms with Gasteiger partial charge in [-0.3, -0.25) is 0 Å². The summed E-state index contributed by atoms with van der Waals surface area (Å²) in [7, 11) is 0. The van der Waals surface area contributed by atoms with Crippen molar-refractivity contribution in [3.8, 4) is 0 Å². The standard InChI is InChI=1S/C8H15N3O2/c1-3-6(9)8-10-7(11-13-8)5-12-4-2/h6H,3-5,9H2,1-2H3/t6-/m0/s1. The summed E-state index contributed by atoms with van der Waals surface area (Å²) in [4.78, 5) is 4.09. The van der Waals surface area contributed by atoms with E-state index in [0.29, 0.717) is 24.9 Å². The van der Waals surface area contributed by atoms with E-state index in [0.717, 1.165) is 6.42 Å². The van der Waals surface area contributed by atoms with Crippen LogP contribution in [0.5, 0.6) is 0 Å². The Morgan fingerprint density at radius 3 is 2.92 bits per heavy atom. The van der Waals surface area contributed by atoms with Crippen molar-refractivity contribution in [3.63, 3.8) is 0 Å². The van der Waals surface area contributed by atoms with Gasteiger partial charge in [0.15, 0.2) is 5.82 Å². The van der Waals surface area contributed by atoms with Crippen LogP contribution < -0.4 is 5.73 Å². The predicted octanol–water partition coefficient (Wildman–Crippen LogP) is 1.02. The molecular formula is C8H15N3O2. The molecule has 0 fully saturated rings. The maximum absolute atomic E-state index is 5.70. The molecule has 5 nitrogen and oxygen atoms in total. The highest BCUT2D eigenvalue weighted by Crippen LogP contribution is 2.10. The first kappa shape index (κ1) is 10.1. The van der Waals surface area contributed by atoms with Gasteiger partial charge in [-0.1, -0.05) is 12.1 Å². The molecule has 0 saturated carbocycles. The highest BCUT2D eigenvalue weighted by molar-refractivity contribution is 4.89. The fourth-order valence-corrected chi connectivity index (χ4v) is 0.845. The molecule has 1 heterocycles. The molecule has 0 aromatic carbocycles. The van der Waals surface area contributed by atoms with E-state index >= 15 is 0 Å². The smallest absolute Gasteiger partial charge is 0.243 e. The molecule has 0 radical (unpaired) electrons. The van der Waals surface area contributed by atoms with Crippen LogP contribution in [0.1, 0.15) is 38.0 Å². The first-order chi connectivity index (χ1) is 6.27. The summed E-state index contributed by atoms with van der Waals surface area (Å²) in [5.74, 6) is 1.04. The Bertz CT molecular complexity index is 249. The van der Waals surface area contributed by atoms with Crippen LogP contribution in [0, 0.1) is 0 Å². The van der Waals surface area contributed by atoms with Crippen LogP contribution in [0.2, 0.25) is 0 Å². The van der Waals surface area contributed by atoms with Crippen molar-refractivity contribution in [1.82, 2.24) is 10.1 Å². The number of ether oxygens (including phenoxy) is 1. The van der Waals surface area contributed by atoms with Gasteiger partial charge in [-0.15, -0.1) is 0 Å². The lowest BCUT2D eigenvalue weighted by molar-refractivity contribution is 0.126. The van der Waals surface area contributed by atoms with Gasteiger partial charge in [-0.05, 0) is 13.3 Å². The average molecular weight is 185 g/mol. The third-order valence-corrected chi connectivity index (χ3v) is 1.68. The molecule has 1 atom stereocenters. The summed E-state index contributed by atoms with van der Waals surface area (Å²) in [5, 5.41) is 3.73. The molecule has 0 bridgehead atoms. The van der Waals surface area contributed by atoms with Gasteiger partial charge in [-0.2, -0.15) is 4.98 Å². The normalized spacial score (nSPS) is 13.2. The Morgan fingerprint density at radius 1 is 1.54 bits per heavy atom. The summed E-state index contributed by atoms with van der Waals surface area (Å²) in [6.07, 6.45) is 0.788. The van der Waals surface area contributed by atoms with E-state index in [1.807, 2.05) is 13.8 Å². The molecule has 0 saturated heterocycles. The van der Waals surface area contributed by atoms with E-state index in [1.165, 1.54) is 0 Å². The SMILES string of the molecule is CCOCc1noc([C@@H](N)CC)n1. The Kier molecular flexibility index (Phi) is 3.85. The Labute approximate surface area is 77.3 Å². The Morgan fingerprint density at radius 2 is 2.31 bits per heavy atom. The topological polar surface area (TPSA) is 74.2 Å². The zero-order chi connectivity index (χ0) is 9.68. The van der Waals surface area contributed by atoms with Crippen LogP contribution in [-0.2, 0) is 11.3 Å². The fourth-order valence-electron chi connectivity index (χ4n) is 0.845. The summed E-state index contributed by atoms with van der Waals surface area (Å²) >= 11 is 0. The Hall–Kier alpha value is -0.940. The lowest BCUT2D eigenvalue weighted by Crippen LogP contribution is -2.09. The second-order valence-corrected chi connectivity index (χ2v) is 2.70. The van der Waals surface area contributed by atoms with Crippen molar-refractivity contribution in [1.29, 1.82) is 0 Å². The number of nitrogens with zero attached hydrogens (tertiary/aromatic N) is 2. The number of rotatable bonds is 5. The van der Waals surface area contributed by atoms with Gasteiger partial charge in [0.05, 0.1) is 6.04 Å². The second kappa shape index (κ2) is 4.94. The van der Waals surface area contributed by atoms with Crippen molar-refractivity contribution < 1.29 is 9.26 Å². The van der Waals surface area contributed by atoms with Gasteiger partial charge in [-0.25, -0.2) is 0 Å². The molecule has 1 rings (SSSR count). The van der Waals surface area contributed by atoms with Gasteiger partial charge in [0.1, 0.15) is 6.61 Å². The molecule has 0 aliphatic heterocycles. The van der Waals surface area contributed by atoms with Gasteiger partial charge in [0, 0.05) is 6.61 Å². The molecule has 0 spiro atoms. The van der Waals surface area contributed by atoms with Crippen molar-refractivity contribution >= 4 is 0 Å². The molecule has 2 N–H and O–H groups in total. The molecule has 0 amide bonds. The van der Waals surface area contributed by atoms with Gasteiger partial charge >= 0.3 is 0 Å². The summed E-state index contributed by atoms with van der Waals surface area (Å²) < 4.78 is 10.1. The van der Waals surface area contributed by atoms with Crippen LogP contribution in [0.4, 0.5) is 0 Å². The second-order valence-electron chi connectivity index (χ2n) is 2.70. The van der Waals surface area contributed by atoms with Gasteiger partial charge in [0.2, 0.25) is 5.89 Å². The average Bonchev–Trinajstić information content (AvgIpc) is 2.62. The monoisotopic (exact) mass is 185 g/mol. The third kappa shape index (κ3) is 2.78. The molecule has 13 heavy (non-hydrogen) atoms. The molecule has 74 valence electrons. The fraction of sp³-hybridized carbons (Fsp3) is 0.750. The van der Waals surface area contributed by atoms with E-state index < -0.39 is 0 Å². The number of hydrogen-bond acceptors (Lipinski definition) is 5. The predicted molar refractivity (Wildman–Crippen MR) is 46.8 cm³/mol. The Balaban J connectivity index is 2.53. The van der Waals surface area contributed by atoms with Crippen LogP contribution in [0.3, 0.4) is 0 Å². The number of nitrogens with two attached hydrogens (primary N) is 1. The van der Waals surface area contributed by atoms with Crippen molar-refractivity contribution in [2.45, 2.75) is 32.9 Å². The van der Waals surface area contributed by atoms with Crippen molar-refractivity contribution in [3.05, 3.63) is 11.7 Å². The summed E-state index contributed by atoms with van der Waals surface area (Å²) in [5.41, 5.74) is 5.70. The highest BCUT2D eigenvalue weighted by Gasteiger charge is 2.12. The zero-order valence-corrected chi connectivity index (χ0v) is 7.99. The van der Waals surface area contributed by atoms with E-state index in [4.69, 9.17) is 15.0 Å².